The van der Waals surface area contributed by atoms with E-state index in [1.807, 2.05) is 31.2 Å². The highest BCUT2D eigenvalue weighted by atomic mass is 79.9. The Labute approximate surface area is 256 Å². The number of hydrogen-bond donors (Lipinski definition) is 3. The molecule has 0 spiro atoms. The van der Waals surface area contributed by atoms with E-state index in [4.69, 9.17) is 14.9 Å². The van der Waals surface area contributed by atoms with Crippen LogP contribution < -0.4 is 19.7 Å². The second-order valence-electron chi connectivity index (χ2n) is 11.4. The molecule has 2 aliphatic heterocycles. The first kappa shape index (κ1) is 31.0. The van der Waals surface area contributed by atoms with Gasteiger partial charge in [0.15, 0.2) is 5.78 Å². The Morgan fingerprint density at radius 1 is 1.19 bits per heavy atom. The molecular weight excluding hydrogens is 602 g/mol. The maximum atomic E-state index is 13.8. The van der Waals surface area contributed by atoms with Crippen molar-refractivity contribution in [1.29, 1.82) is 5.41 Å². The van der Waals surface area contributed by atoms with Crippen LogP contribution in [0.15, 0.2) is 30.5 Å². The summed E-state index contributed by atoms with van der Waals surface area (Å²) in [5, 5.41) is 22.3. The smallest absolute Gasteiger partial charge is 0.224 e. The molecule has 1 amide bonds. The number of rotatable bonds is 9. The molecule has 0 saturated carbocycles. The molecule has 1 aromatic heterocycles. The van der Waals surface area contributed by atoms with Crippen molar-refractivity contribution in [1.82, 2.24) is 25.6 Å². The van der Waals surface area contributed by atoms with Crippen LogP contribution >= 0.6 is 17.0 Å². The van der Waals surface area contributed by atoms with E-state index in [9.17, 15) is 9.59 Å². The highest BCUT2D eigenvalue weighted by Gasteiger charge is 2.32. The number of ether oxygens (including phenoxy) is 2. The molecule has 0 aliphatic carbocycles. The molecule has 5 rings (SSSR count). The van der Waals surface area contributed by atoms with E-state index in [0.717, 1.165) is 33.8 Å². The predicted octanol–water partition coefficient (Wildman–Crippen LogP) is 3.79. The summed E-state index contributed by atoms with van der Waals surface area (Å²) in [5.74, 6) is 1.47. The van der Waals surface area contributed by atoms with Crippen molar-refractivity contribution < 1.29 is 19.1 Å². The molecule has 11 nitrogen and oxygen atoms in total. The fourth-order valence-corrected chi connectivity index (χ4v) is 5.32. The highest BCUT2D eigenvalue weighted by Crippen LogP contribution is 2.42. The lowest BCUT2D eigenvalue weighted by Gasteiger charge is -2.35. The van der Waals surface area contributed by atoms with Crippen molar-refractivity contribution in [3.8, 4) is 11.5 Å². The van der Waals surface area contributed by atoms with Crippen LogP contribution in [0.3, 0.4) is 0 Å². The summed E-state index contributed by atoms with van der Waals surface area (Å²) in [6.07, 6.45) is 1.85. The maximum Gasteiger partial charge on any atom is 0.224 e. The maximum absolute atomic E-state index is 13.8. The number of Topliss-reactive ketones (excluding diaryl/α,β-unsaturated/α-hetero) is 1. The Hall–Kier alpha value is -3.93. The molecule has 0 saturated heterocycles. The summed E-state index contributed by atoms with van der Waals surface area (Å²) < 4.78 is 12.0. The van der Waals surface area contributed by atoms with Gasteiger partial charge in [0.05, 0.1) is 44.5 Å². The Balaban J connectivity index is 0.00000405. The minimum atomic E-state index is -0.259. The van der Waals surface area contributed by atoms with Crippen LogP contribution in [-0.2, 0) is 29.7 Å². The number of halogens is 1. The standard InChI is InChI=1S/C30H37N7O4.BrH/c1-6-40-26-12-20-15-37(29(31)22(20)9-19(26)13-27(39)32-5)17-25(38)18-10-23(30(2,3)4)28-24(11-18)36(7-8-41-28)16-21-14-33-35-34-21;/h9-12,14,31H,6-8,13,15-17H2,1-5H3,(H,32,39)(H,33,34,35);1H. The van der Waals surface area contributed by atoms with Gasteiger partial charge >= 0.3 is 0 Å². The van der Waals surface area contributed by atoms with Gasteiger partial charge in [0.25, 0.3) is 0 Å². The first-order valence-electron chi connectivity index (χ1n) is 13.9. The first-order valence-corrected chi connectivity index (χ1v) is 13.9. The first-order chi connectivity index (χ1) is 19.6. The number of likely N-dealkylation sites (N-methyl/N-ethyl adjacent to an activating group) is 1. The number of aromatic nitrogens is 3. The minimum absolute atomic E-state index is 0. The van der Waals surface area contributed by atoms with Crippen LogP contribution in [-0.4, -0.2) is 71.2 Å². The van der Waals surface area contributed by atoms with Crippen LogP contribution in [0.1, 0.15) is 66.0 Å². The molecule has 0 bridgehead atoms. The molecular formula is C30H38BrN7O4. The third kappa shape index (κ3) is 6.28. The predicted molar refractivity (Wildman–Crippen MR) is 165 cm³/mol. The third-order valence-corrected chi connectivity index (χ3v) is 7.45. The molecule has 2 aromatic carbocycles. The normalized spacial score (nSPS) is 14.1. The SMILES string of the molecule is Br.CCOc1cc2c(cc1CC(=O)NC)C(=N)N(CC(=O)c1cc3c(c(C(C)(C)C)c1)OCCN3Cc1cn[nH]n1)C2. The number of nitrogens with one attached hydrogen (secondary N) is 3. The number of aromatic amines is 1. The van der Waals surface area contributed by atoms with Crippen LogP contribution in [0.4, 0.5) is 5.69 Å². The second kappa shape index (κ2) is 12.5. The van der Waals surface area contributed by atoms with E-state index >= 15 is 0 Å². The number of H-pyrrole nitrogens is 1. The van der Waals surface area contributed by atoms with Crippen LogP contribution in [0.5, 0.6) is 11.5 Å². The van der Waals surface area contributed by atoms with Crippen LogP contribution in [0, 0.1) is 5.41 Å². The molecule has 0 radical (unpaired) electrons. The molecule has 3 N–H and O–H groups in total. The van der Waals surface area contributed by atoms with Gasteiger partial charge in [0, 0.05) is 35.8 Å². The summed E-state index contributed by atoms with van der Waals surface area (Å²) >= 11 is 0. The Bertz CT molecular complexity index is 1480. The van der Waals surface area contributed by atoms with Crippen LogP contribution in [0.2, 0.25) is 0 Å². The van der Waals surface area contributed by atoms with Gasteiger partial charge in [-0.15, -0.1) is 17.0 Å². The zero-order valence-corrected chi connectivity index (χ0v) is 26.4. The van der Waals surface area contributed by atoms with Gasteiger partial charge in [-0.1, -0.05) is 20.8 Å². The Morgan fingerprint density at radius 3 is 2.64 bits per heavy atom. The van der Waals surface area contributed by atoms with Crippen molar-refractivity contribution in [2.24, 2.45) is 0 Å². The largest absolute Gasteiger partial charge is 0.494 e. The molecule has 12 heteroatoms. The van der Waals surface area contributed by atoms with E-state index in [-0.39, 0.29) is 52.9 Å². The van der Waals surface area contributed by atoms with Gasteiger partial charge in [-0.2, -0.15) is 15.4 Å². The average molecular weight is 641 g/mol. The van der Waals surface area contributed by atoms with E-state index in [0.29, 0.717) is 49.7 Å². The van der Waals surface area contributed by atoms with Crippen molar-refractivity contribution in [3.05, 3.63) is 64.0 Å². The molecule has 3 heterocycles. The molecule has 2 aliphatic rings. The van der Waals surface area contributed by atoms with Gasteiger partial charge in [-0.3, -0.25) is 15.0 Å². The van der Waals surface area contributed by atoms with Crippen molar-refractivity contribution in [2.75, 3.05) is 38.3 Å². The summed E-state index contributed by atoms with van der Waals surface area (Å²) in [6, 6.07) is 7.57. The lowest BCUT2D eigenvalue weighted by atomic mass is 9.84. The Kier molecular flexibility index (Phi) is 9.24. The zero-order chi connectivity index (χ0) is 29.3. The van der Waals surface area contributed by atoms with E-state index < -0.39 is 0 Å². The fourth-order valence-electron chi connectivity index (χ4n) is 5.32. The van der Waals surface area contributed by atoms with Gasteiger partial charge in [0.2, 0.25) is 5.91 Å². The minimum Gasteiger partial charge on any atom is -0.494 e. The number of anilines is 1. The topological polar surface area (TPSA) is 137 Å². The fraction of sp³-hybridized carbons (Fsp3) is 0.433. The summed E-state index contributed by atoms with van der Waals surface area (Å²) in [6.45, 7) is 10.9. The van der Waals surface area contributed by atoms with E-state index in [1.54, 1.807) is 18.1 Å². The Morgan fingerprint density at radius 2 is 1.98 bits per heavy atom. The highest BCUT2D eigenvalue weighted by molar-refractivity contribution is 8.93. The van der Waals surface area contributed by atoms with Gasteiger partial charge in [-0.25, -0.2) is 0 Å². The molecule has 0 unspecified atom stereocenters. The number of hydrogen-bond acceptors (Lipinski definition) is 8. The second-order valence-corrected chi connectivity index (χ2v) is 11.4. The van der Waals surface area contributed by atoms with E-state index in [1.165, 1.54) is 0 Å². The molecule has 224 valence electrons. The zero-order valence-electron chi connectivity index (χ0n) is 24.7. The number of benzene rings is 2. The number of carbonyl (C=O) groups is 2. The monoisotopic (exact) mass is 639 g/mol. The number of fused-ring (bicyclic) bond motifs is 2. The molecule has 42 heavy (non-hydrogen) atoms. The summed E-state index contributed by atoms with van der Waals surface area (Å²) in [5.41, 5.74) is 5.27. The van der Waals surface area contributed by atoms with Crippen molar-refractivity contribution >= 4 is 40.2 Å². The lowest BCUT2D eigenvalue weighted by molar-refractivity contribution is -0.119. The third-order valence-electron chi connectivity index (χ3n) is 7.45. The van der Waals surface area contributed by atoms with E-state index in [2.05, 4.69) is 46.4 Å². The molecule has 0 fully saturated rings. The van der Waals surface area contributed by atoms with Gasteiger partial charge in [0.1, 0.15) is 29.6 Å². The summed E-state index contributed by atoms with van der Waals surface area (Å²) in [7, 11) is 1.59. The van der Waals surface area contributed by atoms with Crippen molar-refractivity contribution in [3.63, 3.8) is 0 Å². The average Bonchev–Trinajstić information content (AvgIpc) is 3.55. The number of ketones is 1. The quantitative estimate of drug-likeness (QED) is 0.301. The number of amidine groups is 1. The molecule has 3 aromatic rings. The number of nitrogens with zero attached hydrogens (tertiary/aromatic N) is 4. The number of amides is 1. The van der Waals surface area contributed by atoms with Crippen molar-refractivity contribution in [2.45, 2.75) is 52.6 Å². The van der Waals surface area contributed by atoms with Gasteiger partial charge in [-0.05, 0) is 42.2 Å². The lowest BCUT2D eigenvalue weighted by Crippen LogP contribution is -2.34. The molecule has 0 atom stereocenters. The van der Waals surface area contributed by atoms with Gasteiger partial charge < -0.3 is 24.6 Å². The van der Waals surface area contributed by atoms with Crippen LogP contribution in [0.25, 0.3) is 0 Å². The number of carbonyl (C=O) groups excluding carboxylic acids is 2. The summed E-state index contributed by atoms with van der Waals surface area (Å²) in [4.78, 5) is 29.8.